The van der Waals surface area contributed by atoms with E-state index in [1.54, 1.807) is 0 Å². The Morgan fingerprint density at radius 3 is 2.86 bits per heavy atom. The average molecular weight is 193 g/mol. The fourth-order valence-electron chi connectivity index (χ4n) is 1.18. The minimum absolute atomic E-state index is 0.845. The molecule has 0 fully saturated rings. The molecule has 0 spiro atoms. The summed E-state index contributed by atoms with van der Waals surface area (Å²) < 4.78 is 0. The Labute approximate surface area is 85.9 Å². The zero-order valence-electron chi connectivity index (χ0n) is 9.01. The van der Waals surface area contributed by atoms with Crippen molar-refractivity contribution in [3.05, 3.63) is 23.9 Å². The van der Waals surface area contributed by atoms with Crippen LogP contribution in [0.25, 0.3) is 0 Å². The van der Waals surface area contributed by atoms with Gasteiger partial charge in [0.05, 0.1) is 5.69 Å². The van der Waals surface area contributed by atoms with Gasteiger partial charge in [0.2, 0.25) is 0 Å². The normalized spacial score (nSPS) is 10.1. The number of hydrogen-bond donors (Lipinski definition) is 2. The van der Waals surface area contributed by atoms with Gasteiger partial charge in [-0.1, -0.05) is 19.9 Å². The smallest absolute Gasteiger partial charge is 0.126 e. The zero-order chi connectivity index (χ0) is 10.2. The van der Waals surface area contributed by atoms with Gasteiger partial charge in [-0.25, -0.2) is 4.98 Å². The second-order valence-electron chi connectivity index (χ2n) is 3.22. The summed E-state index contributed by atoms with van der Waals surface area (Å²) in [6.07, 6.45) is 1.12. The van der Waals surface area contributed by atoms with E-state index in [4.69, 9.17) is 0 Å². The summed E-state index contributed by atoms with van der Waals surface area (Å²) in [5.41, 5.74) is 1.09. The Hall–Kier alpha value is -1.09. The maximum absolute atomic E-state index is 4.47. The van der Waals surface area contributed by atoms with Crippen LogP contribution in [0.4, 0.5) is 5.82 Å². The highest BCUT2D eigenvalue weighted by Crippen LogP contribution is 2.04. The van der Waals surface area contributed by atoms with E-state index in [1.165, 1.54) is 0 Å². The number of aromatic nitrogens is 1. The van der Waals surface area contributed by atoms with Crippen LogP contribution in [0, 0.1) is 0 Å². The van der Waals surface area contributed by atoms with E-state index in [0.717, 1.165) is 37.6 Å². The second kappa shape index (κ2) is 6.38. The number of pyridine rings is 1. The van der Waals surface area contributed by atoms with Crippen LogP contribution in [0.5, 0.6) is 0 Å². The van der Waals surface area contributed by atoms with Gasteiger partial charge in [0, 0.05) is 13.1 Å². The monoisotopic (exact) mass is 193 g/mol. The molecule has 0 aliphatic heterocycles. The average Bonchev–Trinajstić information content (AvgIpc) is 2.24. The van der Waals surface area contributed by atoms with Crippen LogP contribution in [0.15, 0.2) is 18.2 Å². The lowest BCUT2D eigenvalue weighted by molar-refractivity contribution is 0.711. The lowest BCUT2D eigenvalue weighted by Gasteiger charge is -2.06. The molecule has 3 nitrogen and oxygen atoms in total. The standard InChI is InChI=1S/C11H19N3/c1-3-8-13-11-7-5-6-10(14-11)9-12-4-2/h5-7,12H,3-4,8-9H2,1-2H3,(H,13,14). The molecule has 0 atom stereocenters. The molecule has 0 aliphatic carbocycles. The molecule has 1 rings (SSSR count). The Kier molecular flexibility index (Phi) is 5.00. The lowest BCUT2D eigenvalue weighted by Crippen LogP contribution is -2.13. The third-order valence-electron chi connectivity index (χ3n) is 1.92. The third kappa shape index (κ3) is 3.75. The predicted octanol–water partition coefficient (Wildman–Crippen LogP) is 2.01. The van der Waals surface area contributed by atoms with Crippen LogP contribution < -0.4 is 10.6 Å². The number of nitrogens with one attached hydrogen (secondary N) is 2. The van der Waals surface area contributed by atoms with Crippen molar-refractivity contribution < 1.29 is 0 Å². The summed E-state index contributed by atoms with van der Waals surface area (Å²) in [7, 11) is 0. The van der Waals surface area contributed by atoms with Crippen LogP contribution in [0.3, 0.4) is 0 Å². The zero-order valence-corrected chi connectivity index (χ0v) is 9.01. The van der Waals surface area contributed by atoms with Crippen molar-refractivity contribution in [1.29, 1.82) is 0 Å². The van der Waals surface area contributed by atoms with Crippen molar-refractivity contribution >= 4 is 5.82 Å². The molecular formula is C11H19N3. The lowest BCUT2D eigenvalue weighted by atomic mass is 10.3. The summed E-state index contributed by atoms with van der Waals surface area (Å²) in [6.45, 7) is 7.05. The topological polar surface area (TPSA) is 37.0 Å². The first-order valence-electron chi connectivity index (χ1n) is 5.27. The summed E-state index contributed by atoms with van der Waals surface area (Å²) in [6, 6.07) is 6.09. The number of rotatable bonds is 6. The van der Waals surface area contributed by atoms with Gasteiger partial charge >= 0.3 is 0 Å². The fraction of sp³-hybridized carbons (Fsp3) is 0.545. The quantitative estimate of drug-likeness (QED) is 0.725. The molecule has 1 aromatic heterocycles. The minimum Gasteiger partial charge on any atom is -0.370 e. The Balaban J connectivity index is 2.50. The van der Waals surface area contributed by atoms with Gasteiger partial charge in [-0.3, -0.25) is 0 Å². The molecule has 0 saturated carbocycles. The van der Waals surface area contributed by atoms with Crippen LogP contribution >= 0.6 is 0 Å². The molecule has 2 N–H and O–H groups in total. The van der Waals surface area contributed by atoms with Gasteiger partial charge in [0.1, 0.15) is 5.82 Å². The molecule has 14 heavy (non-hydrogen) atoms. The summed E-state index contributed by atoms with van der Waals surface area (Å²) in [5.74, 6) is 0.974. The van der Waals surface area contributed by atoms with Crippen molar-refractivity contribution in [3.63, 3.8) is 0 Å². The molecule has 0 aromatic carbocycles. The Bertz CT molecular complexity index is 237. The van der Waals surface area contributed by atoms with Crippen LogP contribution in [-0.2, 0) is 6.54 Å². The third-order valence-corrected chi connectivity index (χ3v) is 1.92. The molecule has 0 bridgehead atoms. The van der Waals surface area contributed by atoms with Gasteiger partial charge in [0.15, 0.2) is 0 Å². The summed E-state index contributed by atoms with van der Waals surface area (Å²) in [4.78, 5) is 4.47. The number of anilines is 1. The molecule has 0 unspecified atom stereocenters. The van der Waals surface area contributed by atoms with Crippen LogP contribution in [0.2, 0.25) is 0 Å². The van der Waals surface area contributed by atoms with Gasteiger partial charge in [-0.15, -0.1) is 0 Å². The van der Waals surface area contributed by atoms with Crippen LogP contribution in [-0.4, -0.2) is 18.1 Å². The Morgan fingerprint density at radius 2 is 2.14 bits per heavy atom. The van der Waals surface area contributed by atoms with Crippen molar-refractivity contribution in [1.82, 2.24) is 10.3 Å². The molecule has 3 heteroatoms. The maximum Gasteiger partial charge on any atom is 0.126 e. The molecule has 1 aromatic rings. The molecule has 0 aliphatic rings. The number of nitrogens with zero attached hydrogens (tertiary/aromatic N) is 1. The first-order chi connectivity index (χ1) is 6.86. The van der Waals surface area contributed by atoms with E-state index < -0.39 is 0 Å². The Morgan fingerprint density at radius 1 is 1.29 bits per heavy atom. The SMILES string of the molecule is CCCNc1cccc(CNCC)n1. The molecule has 1 heterocycles. The van der Waals surface area contributed by atoms with E-state index in [0.29, 0.717) is 0 Å². The van der Waals surface area contributed by atoms with E-state index in [9.17, 15) is 0 Å². The minimum atomic E-state index is 0.845. The van der Waals surface area contributed by atoms with E-state index in [2.05, 4.69) is 29.5 Å². The van der Waals surface area contributed by atoms with E-state index in [1.807, 2.05) is 18.2 Å². The highest BCUT2D eigenvalue weighted by molar-refractivity contribution is 5.35. The largest absolute Gasteiger partial charge is 0.370 e. The van der Waals surface area contributed by atoms with E-state index in [-0.39, 0.29) is 0 Å². The highest BCUT2D eigenvalue weighted by Gasteiger charge is 1.95. The molecule has 0 amide bonds. The van der Waals surface area contributed by atoms with Gasteiger partial charge in [-0.05, 0) is 25.1 Å². The molecule has 0 radical (unpaired) electrons. The van der Waals surface area contributed by atoms with Gasteiger partial charge < -0.3 is 10.6 Å². The van der Waals surface area contributed by atoms with Crippen molar-refractivity contribution in [3.8, 4) is 0 Å². The van der Waals surface area contributed by atoms with Crippen molar-refractivity contribution in [2.24, 2.45) is 0 Å². The predicted molar refractivity (Wildman–Crippen MR) is 60.4 cm³/mol. The second-order valence-corrected chi connectivity index (χ2v) is 3.22. The van der Waals surface area contributed by atoms with Crippen LogP contribution in [0.1, 0.15) is 26.0 Å². The molecular weight excluding hydrogens is 174 g/mol. The molecule has 78 valence electrons. The summed E-state index contributed by atoms with van der Waals surface area (Å²) >= 11 is 0. The van der Waals surface area contributed by atoms with Gasteiger partial charge in [-0.2, -0.15) is 0 Å². The first kappa shape index (κ1) is 11.0. The first-order valence-corrected chi connectivity index (χ1v) is 5.27. The number of hydrogen-bond acceptors (Lipinski definition) is 3. The van der Waals surface area contributed by atoms with E-state index >= 15 is 0 Å². The molecule has 0 saturated heterocycles. The van der Waals surface area contributed by atoms with Gasteiger partial charge in [0.25, 0.3) is 0 Å². The maximum atomic E-state index is 4.47. The van der Waals surface area contributed by atoms with Crippen molar-refractivity contribution in [2.75, 3.05) is 18.4 Å². The highest BCUT2D eigenvalue weighted by atomic mass is 15.0. The van der Waals surface area contributed by atoms with Crippen molar-refractivity contribution in [2.45, 2.75) is 26.8 Å². The fourth-order valence-corrected chi connectivity index (χ4v) is 1.18. The summed E-state index contributed by atoms with van der Waals surface area (Å²) in [5, 5.41) is 6.53.